The van der Waals surface area contributed by atoms with Gasteiger partial charge in [-0.3, -0.25) is 9.10 Å². The third kappa shape index (κ3) is 5.11. The molecule has 3 rings (SSSR count). The number of hydrogen-bond donors (Lipinski definition) is 1. The maximum absolute atomic E-state index is 13.3. The van der Waals surface area contributed by atoms with E-state index in [1.54, 1.807) is 60.7 Å². The molecule has 0 saturated carbocycles. The lowest BCUT2D eigenvalue weighted by molar-refractivity contribution is -0.114. The molecule has 0 aliphatic carbocycles. The summed E-state index contributed by atoms with van der Waals surface area (Å²) in [5.74, 6) is 0.0980. The summed E-state index contributed by atoms with van der Waals surface area (Å²) in [5, 5.41) is 3.23. The monoisotopic (exact) mass is 444 g/mol. The van der Waals surface area contributed by atoms with E-state index in [2.05, 4.69) is 5.32 Å². The molecule has 0 heterocycles. The van der Waals surface area contributed by atoms with Gasteiger partial charge in [-0.1, -0.05) is 29.3 Å². The SMILES string of the molecule is COc1ccc(N(CC(=O)Nc2ccc(Cl)cc2)S(=O)(=O)c2ccc(C)cc2)cc1. The Labute approximate surface area is 181 Å². The predicted molar refractivity (Wildman–Crippen MR) is 119 cm³/mol. The molecule has 0 saturated heterocycles. The third-order valence-electron chi connectivity index (χ3n) is 4.38. The number of sulfonamides is 1. The molecule has 1 N–H and O–H groups in total. The zero-order valence-corrected chi connectivity index (χ0v) is 18.1. The van der Waals surface area contributed by atoms with Gasteiger partial charge in [0.15, 0.2) is 0 Å². The number of carbonyl (C=O) groups is 1. The number of ether oxygens (including phenoxy) is 1. The number of aryl methyl sites for hydroxylation is 1. The van der Waals surface area contributed by atoms with Crippen LogP contribution in [0.3, 0.4) is 0 Å². The molecule has 0 unspecified atom stereocenters. The van der Waals surface area contributed by atoms with Crippen LogP contribution in [-0.2, 0) is 14.8 Å². The number of hydrogen-bond acceptors (Lipinski definition) is 4. The molecular weight excluding hydrogens is 424 g/mol. The topological polar surface area (TPSA) is 75.7 Å². The first-order valence-corrected chi connectivity index (χ1v) is 10.9. The third-order valence-corrected chi connectivity index (χ3v) is 6.42. The van der Waals surface area contributed by atoms with Crippen molar-refractivity contribution in [2.24, 2.45) is 0 Å². The fourth-order valence-electron chi connectivity index (χ4n) is 2.77. The van der Waals surface area contributed by atoms with Crippen LogP contribution in [0, 0.1) is 6.92 Å². The molecule has 8 heteroatoms. The van der Waals surface area contributed by atoms with Crippen molar-refractivity contribution in [3.05, 3.63) is 83.4 Å². The van der Waals surface area contributed by atoms with E-state index < -0.39 is 22.5 Å². The number of carbonyl (C=O) groups excluding carboxylic acids is 1. The smallest absolute Gasteiger partial charge is 0.264 e. The van der Waals surface area contributed by atoms with Crippen molar-refractivity contribution in [2.45, 2.75) is 11.8 Å². The van der Waals surface area contributed by atoms with Crippen molar-refractivity contribution >= 4 is 38.9 Å². The zero-order chi connectivity index (χ0) is 21.7. The van der Waals surface area contributed by atoms with Crippen molar-refractivity contribution in [3.63, 3.8) is 0 Å². The summed E-state index contributed by atoms with van der Waals surface area (Å²) in [7, 11) is -2.45. The van der Waals surface area contributed by atoms with Crippen LogP contribution in [0.2, 0.25) is 5.02 Å². The lowest BCUT2D eigenvalue weighted by Gasteiger charge is -2.24. The van der Waals surface area contributed by atoms with Crippen LogP contribution < -0.4 is 14.4 Å². The normalized spacial score (nSPS) is 11.0. The number of nitrogens with one attached hydrogen (secondary N) is 1. The second-order valence-electron chi connectivity index (χ2n) is 6.58. The van der Waals surface area contributed by atoms with E-state index in [-0.39, 0.29) is 4.90 Å². The maximum Gasteiger partial charge on any atom is 0.264 e. The molecule has 3 aromatic carbocycles. The summed E-state index contributed by atoms with van der Waals surface area (Å²) in [6, 6.07) is 19.5. The van der Waals surface area contributed by atoms with Gasteiger partial charge < -0.3 is 10.1 Å². The first kappa shape index (κ1) is 21.7. The van der Waals surface area contributed by atoms with Gasteiger partial charge in [0.25, 0.3) is 10.0 Å². The molecular formula is C22H21ClN2O4S. The zero-order valence-electron chi connectivity index (χ0n) is 16.5. The number of nitrogens with zero attached hydrogens (tertiary/aromatic N) is 1. The molecule has 30 heavy (non-hydrogen) atoms. The highest BCUT2D eigenvalue weighted by Gasteiger charge is 2.27. The standard InChI is InChI=1S/C22H21ClN2O4S/c1-16-3-13-21(14-4-16)30(27,28)25(19-9-11-20(29-2)12-10-19)15-22(26)24-18-7-5-17(23)6-8-18/h3-14H,15H2,1-2H3,(H,24,26). The summed E-state index contributed by atoms with van der Waals surface area (Å²) in [6.45, 7) is 1.47. The van der Waals surface area contributed by atoms with Crippen molar-refractivity contribution in [1.82, 2.24) is 0 Å². The fourth-order valence-corrected chi connectivity index (χ4v) is 4.31. The van der Waals surface area contributed by atoms with E-state index in [0.717, 1.165) is 9.87 Å². The second-order valence-corrected chi connectivity index (χ2v) is 8.88. The van der Waals surface area contributed by atoms with E-state index in [0.29, 0.717) is 22.1 Å². The molecule has 3 aromatic rings. The summed E-state index contributed by atoms with van der Waals surface area (Å²) in [4.78, 5) is 12.8. The Bertz CT molecular complexity index is 1110. The average molecular weight is 445 g/mol. The minimum absolute atomic E-state index is 0.100. The van der Waals surface area contributed by atoms with Crippen molar-refractivity contribution < 1.29 is 17.9 Å². The quantitative estimate of drug-likeness (QED) is 0.582. The minimum atomic E-state index is -3.97. The van der Waals surface area contributed by atoms with Crippen LogP contribution in [0.15, 0.2) is 77.7 Å². The summed E-state index contributed by atoms with van der Waals surface area (Å²) in [5.41, 5.74) is 1.81. The Balaban J connectivity index is 1.93. The molecule has 6 nitrogen and oxygen atoms in total. The van der Waals surface area contributed by atoms with Crippen molar-refractivity contribution in [3.8, 4) is 5.75 Å². The molecule has 0 aromatic heterocycles. The number of halogens is 1. The second kappa shape index (κ2) is 9.19. The summed E-state index contributed by atoms with van der Waals surface area (Å²) >= 11 is 5.87. The lowest BCUT2D eigenvalue weighted by Crippen LogP contribution is -2.38. The molecule has 0 fully saturated rings. The van der Waals surface area contributed by atoms with Gasteiger partial charge in [-0.05, 0) is 67.6 Å². The van der Waals surface area contributed by atoms with Crippen LogP contribution in [0.25, 0.3) is 0 Å². The highest BCUT2D eigenvalue weighted by atomic mass is 35.5. The Morgan fingerprint density at radius 3 is 2.13 bits per heavy atom. The maximum atomic E-state index is 13.3. The van der Waals surface area contributed by atoms with Crippen LogP contribution in [0.5, 0.6) is 5.75 Å². The molecule has 0 aliphatic rings. The molecule has 0 bridgehead atoms. The van der Waals surface area contributed by atoms with Crippen molar-refractivity contribution in [2.75, 3.05) is 23.3 Å². The van der Waals surface area contributed by atoms with E-state index >= 15 is 0 Å². The first-order valence-electron chi connectivity index (χ1n) is 9.08. The Kier molecular flexibility index (Phi) is 6.64. The van der Waals surface area contributed by atoms with Crippen LogP contribution in [-0.4, -0.2) is 28.0 Å². The molecule has 0 atom stereocenters. The van der Waals surface area contributed by atoms with Gasteiger partial charge >= 0.3 is 0 Å². The molecule has 1 amide bonds. The van der Waals surface area contributed by atoms with E-state index in [1.807, 2.05) is 6.92 Å². The Hall–Kier alpha value is -3.03. The number of rotatable bonds is 7. The number of anilines is 2. The minimum Gasteiger partial charge on any atom is -0.497 e. The fraction of sp³-hybridized carbons (Fsp3) is 0.136. The van der Waals surface area contributed by atoms with Gasteiger partial charge in [0.1, 0.15) is 12.3 Å². The predicted octanol–water partition coefficient (Wildman–Crippen LogP) is 4.49. The van der Waals surface area contributed by atoms with Crippen molar-refractivity contribution in [1.29, 1.82) is 0 Å². The Morgan fingerprint density at radius 2 is 1.57 bits per heavy atom. The van der Waals surface area contributed by atoms with Gasteiger partial charge in [0.05, 0.1) is 17.7 Å². The Morgan fingerprint density at radius 1 is 0.967 bits per heavy atom. The van der Waals surface area contributed by atoms with E-state index in [4.69, 9.17) is 16.3 Å². The average Bonchev–Trinajstić information content (AvgIpc) is 2.74. The van der Waals surface area contributed by atoms with Gasteiger partial charge in [0.2, 0.25) is 5.91 Å². The van der Waals surface area contributed by atoms with Gasteiger partial charge in [-0.25, -0.2) is 8.42 Å². The van der Waals surface area contributed by atoms with Gasteiger partial charge in [0, 0.05) is 10.7 Å². The molecule has 0 radical (unpaired) electrons. The van der Waals surface area contributed by atoms with Crippen LogP contribution >= 0.6 is 11.6 Å². The van der Waals surface area contributed by atoms with Gasteiger partial charge in [-0.15, -0.1) is 0 Å². The van der Waals surface area contributed by atoms with Crippen LogP contribution in [0.1, 0.15) is 5.56 Å². The van der Waals surface area contributed by atoms with E-state index in [9.17, 15) is 13.2 Å². The lowest BCUT2D eigenvalue weighted by atomic mass is 10.2. The highest BCUT2D eigenvalue weighted by Crippen LogP contribution is 2.26. The first-order chi connectivity index (χ1) is 14.3. The summed E-state index contributed by atoms with van der Waals surface area (Å²) in [6.07, 6.45) is 0. The van der Waals surface area contributed by atoms with Gasteiger partial charge in [-0.2, -0.15) is 0 Å². The number of methoxy groups -OCH3 is 1. The number of amides is 1. The molecule has 0 spiro atoms. The molecule has 0 aliphatic heterocycles. The largest absolute Gasteiger partial charge is 0.497 e. The van der Waals surface area contributed by atoms with E-state index in [1.165, 1.54) is 19.2 Å². The number of benzene rings is 3. The summed E-state index contributed by atoms with van der Waals surface area (Å²) < 4.78 is 32.9. The molecule has 156 valence electrons. The highest BCUT2D eigenvalue weighted by molar-refractivity contribution is 7.92. The van der Waals surface area contributed by atoms with Crippen LogP contribution in [0.4, 0.5) is 11.4 Å².